The number of benzene rings is 1. The predicted molar refractivity (Wildman–Crippen MR) is 78.8 cm³/mol. The van der Waals surface area contributed by atoms with Crippen LogP contribution < -0.4 is 4.74 Å². The van der Waals surface area contributed by atoms with Crippen LogP contribution in [0.3, 0.4) is 0 Å². The highest BCUT2D eigenvalue weighted by atomic mass is 35.5. The SMILES string of the molecule is CCCCCCCC1C[C@@H](O)c2cc(Cl)ccc2O1. The van der Waals surface area contributed by atoms with E-state index in [0.29, 0.717) is 11.4 Å². The van der Waals surface area contributed by atoms with Gasteiger partial charge in [0.15, 0.2) is 0 Å². The Bertz CT molecular complexity index is 406. The van der Waals surface area contributed by atoms with Gasteiger partial charge < -0.3 is 9.84 Å². The fraction of sp³-hybridized carbons (Fsp3) is 0.625. The van der Waals surface area contributed by atoms with Crippen LogP contribution in [0.1, 0.15) is 63.5 Å². The summed E-state index contributed by atoms with van der Waals surface area (Å²) in [4.78, 5) is 0. The number of aliphatic hydroxyl groups is 1. The van der Waals surface area contributed by atoms with Crippen LogP contribution in [0.5, 0.6) is 5.75 Å². The third kappa shape index (κ3) is 4.12. The Balaban J connectivity index is 1.85. The van der Waals surface area contributed by atoms with Gasteiger partial charge in [0, 0.05) is 17.0 Å². The van der Waals surface area contributed by atoms with Crippen molar-refractivity contribution in [2.24, 2.45) is 0 Å². The molecule has 0 amide bonds. The van der Waals surface area contributed by atoms with Gasteiger partial charge in [-0.3, -0.25) is 0 Å². The molecule has 1 heterocycles. The maximum absolute atomic E-state index is 10.2. The van der Waals surface area contributed by atoms with Crippen LogP contribution in [0.2, 0.25) is 5.02 Å². The van der Waals surface area contributed by atoms with E-state index in [0.717, 1.165) is 17.7 Å². The zero-order valence-electron chi connectivity index (χ0n) is 11.6. The number of aliphatic hydroxyl groups excluding tert-OH is 1. The van der Waals surface area contributed by atoms with Crippen molar-refractivity contribution >= 4 is 11.6 Å². The van der Waals surface area contributed by atoms with Gasteiger partial charge in [-0.05, 0) is 31.0 Å². The van der Waals surface area contributed by atoms with Gasteiger partial charge in [0.05, 0.1) is 6.10 Å². The zero-order valence-corrected chi connectivity index (χ0v) is 12.3. The van der Waals surface area contributed by atoms with Gasteiger partial charge in [-0.25, -0.2) is 0 Å². The largest absolute Gasteiger partial charge is 0.490 e. The van der Waals surface area contributed by atoms with Gasteiger partial charge in [0.1, 0.15) is 11.9 Å². The molecule has 1 aromatic carbocycles. The molecule has 0 bridgehead atoms. The molecule has 2 rings (SSSR count). The summed E-state index contributed by atoms with van der Waals surface area (Å²) in [6.07, 6.45) is 7.75. The predicted octanol–water partition coefficient (Wildman–Crippen LogP) is 4.89. The quantitative estimate of drug-likeness (QED) is 0.753. The number of hydrogen-bond acceptors (Lipinski definition) is 2. The topological polar surface area (TPSA) is 29.5 Å². The van der Waals surface area contributed by atoms with Crippen LogP contribution in [-0.2, 0) is 0 Å². The molecule has 0 fully saturated rings. The van der Waals surface area contributed by atoms with Gasteiger partial charge in [-0.1, -0.05) is 44.2 Å². The van der Waals surface area contributed by atoms with E-state index in [-0.39, 0.29) is 6.10 Å². The minimum atomic E-state index is -0.442. The van der Waals surface area contributed by atoms with Crippen molar-refractivity contribution in [3.05, 3.63) is 28.8 Å². The summed E-state index contributed by atoms with van der Waals surface area (Å²) in [6.45, 7) is 2.22. The second kappa shape index (κ2) is 7.16. The minimum absolute atomic E-state index is 0.144. The molecule has 2 nitrogen and oxygen atoms in total. The average molecular weight is 283 g/mol. The molecule has 3 heteroatoms. The molecular weight excluding hydrogens is 260 g/mol. The lowest BCUT2D eigenvalue weighted by Gasteiger charge is -2.29. The molecule has 19 heavy (non-hydrogen) atoms. The normalized spacial score (nSPS) is 21.8. The summed E-state index contributed by atoms with van der Waals surface area (Å²) in [7, 11) is 0. The number of halogens is 1. The lowest BCUT2D eigenvalue weighted by atomic mass is 9.96. The fourth-order valence-corrected chi connectivity index (χ4v) is 2.82. The summed E-state index contributed by atoms with van der Waals surface area (Å²) in [5.41, 5.74) is 0.828. The summed E-state index contributed by atoms with van der Waals surface area (Å²) >= 11 is 5.94. The highest BCUT2D eigenvalue weighted by molar-refractivity contribution is 6.30. The van der Waals surface area contributed by atoms with Crippen molar-refractivity contribution in [1.82, 2.24) is 0 Å². The molecule has 0 saturated heterocycles. The molecule has 106 valence electrons. The Hall–Kier alpha value is -0.730. The molecule has 0 aromatic heterocycles. The Morgan fingerprint density at radius 3 is 2.84 bits per heavy atom. The number of unbranched alkanes of at least 4 members (excludes halogenated alkanes) is 4. The van der Waals surface area contributed by atoms with E-state index in [1.54, 1.807) is 6.07 Å². The molecular formula is C16H23ClO2. The van der Waals surface area contributed by atoms with Crippen LogP contribution in [0.25, 0.3) is 0 Å². The number of rotatable bonds is 6. The van der Waals surface area contributed by atoms with Crippen molar-refractivity contribution in [2.75, 3.05) is 0 Å². The first-order valence-electron chi connectivity index (χ1n) is 7.35. The first-order valence-corrected chi connectivity index (χ1v) is 7.72. The first-order chi connectivity index (χ1) is 9.20. The van der Waals surface area contributed by atoms with Crippen molar-refractivity contribution in [3.63, 3.8) is 0 Å². The van der Waals surface area contributed by atoms with E-state index in [9.17, 15) is 5.11 Å². The second-order valence-corrected chi connectivity index (χ2v) is 5.81. The van der Waals surface area contributed by atoms with Gasteiger partial charge in [-0.2, -0.15) is 0 Å². The monoisotopic (exact) mass is 282 g/mol. The van der Waals surface area contributed by atoms with E-state index < -0.39 is 6.10 Å². The molecule has 1 aromatic rings. The van der Waals surface area contributed by atoms with Gasteiger partial charge in [0.2, 0.25) is 0 Å². The highest BCUT2D eigenvalue weighted by Gasteiger charge is 2.26. The minimum Gasteiger partial charge on any atom is -0.490 e. The smallest absolute Gasteiger partial charge is 0.125 e. The lowest BCUT2D eigenvalue weighted by Crippen LogP contribution is -2.25. The molecule has 1 N–H and O–H groups in total. The van der Waals surface area contributed by atoms with Crippen LogP contribution in [0, 0.1) is 0 Å². The number of ether oxygens (including phenoxy) is 1. The molecule has 2 atom stereocenters. The summed E-state index contributed by atoms with van der Waals surface area (Å²) < 4.78 is 5.95. The highest BCUT2D eigenvalue weighted by Crippen LogP contribution is 2.37. The van der Waals surface area contributed by atoms with Gasteiger partial charge in [-0.15, -0.1) is 0 Å². The second-order valence-electron chi connectivity index (χ2n) is 5.38. The average Bonchev–Trinajstić information content (AvgIpc) is 2.39. The molecule has 1 aliphatic heterocycles. The van der Waals surface area contributed by atoms with E-state index >= 15 is 0 Å². The van der Waals surface area contributed by atoms with E-state index in [1.807, 2.05) is 12.1 Å². The Labute approximate surface area is 120 Å². The molecule has 1 unspecified atom stereocenters. The third-order valence-electron chi connectivity index (χ3n) is 3.74. The molecule has 1 aliphatic rings. The van der Waals surface area contributed by atoms with Crippen LogP contribution >= 0.6 is 11.6 Å². The van der Waals surface area contributed by atoms with Gasteiger partial charge >= 0.3 is 0 Å². The van der Waals surface area contributed by atoms with Crippen molar-refractivity contribution < 1.29 is 9.84 Å². The van der Waals surface area contributed by atoms with E-state index in [2.05, 4.69) is 6.92 Å². The molecule has 0 radical (unpaired) electrons. The molecule has 0 aliphatic carbocycles. The maximum Gasteiger partial charge on any atom is 0.125 e. The van der Waals surface area contributed by atoms with Gasteiger partial charge in [0.25, 0.3) is 0 Å². The van der Waals surface area contributed by atoms with E-state index in [4.69, 9.17) is 16.3 Å². The van der Waals surface area contributed by atoms with E-state index in [1.165, 1.54) is 32.1 Å². The van der Waals surface area contributed by atoms with Crippen molar-refractivity contribution in [1.29, 1.82) is 0 Å². The lowest BCUT2D eigenvalue weighted by molar-refractivity contribution is 0.0605. The zero-order chi connectivity index (χ0) is 13.7. The standard InChI is InChI=1S/C16H23ClO2/c1-2-3-4-5-6-7-13-11-15(18)14-10-12(17)8-9-16(14)19-13/h8-10,13,15,18H,2-7,11H2,1H3/t13?,15-/m1/s1. The Kier molecular flexibility index (Phi) is 5.53. The summed E-state index contributed by atoms with van der Waals surface area (Å²) in [5.74, 6) is 0.793. The number of hydrogen-bond donors (Lipinski definition) is 1. The van der Waals surface area contributed by atoms with Crippen LogP contribution in [0.4, 0.5) is 0 Å². The Morgan fingerprint density at radius 1 is 1.26 bits per heavy atom. The third-order valence-corrected chi connectivity index (χ3v) is 3.98. The maximum atomic E-state index is 10.2. The first kappa shape index (κ1) is 14.7. The summed E-state index contributed by atoms with van der Waals surface area (Å²) in [5, 5.41) is 10.8. The van der Waals surface area contributed by atoms with Crippen LogP contribution in [0.15, 0.2) is 18.2 Å². The number of fused-ring (bicyclic) bond motifs is 1. The van der Waals surface area contributed by atoms with Crippen LogP contribution in [-0.4, -0.2) is 11.2 Å². The summed E-state index contributed by atoms with van der Waals surface area (Å²) in [6, 6.07) is 5.49. The molecule has 0 spiro atoms. The Morgan fingerprint density at radius 2 is 2.05 bits per heavy atom. The fourth-order valence-electron chi connectivity index (χ4n) is 2.64. The van der Waals surface area contributed by atoms with Crippen molar-refractivity contribution in [3.8, 4) is 5.75 Å². The molecule has 0 saturated carbocycles. The van der Waals surface area contributed by atoms with Crippen molar-refractivity contribution in [2.45, 2.75) is 64.1 Å².